The van der Waals surface area contributed by atoms with Crippen LogP contribution in [0.5, 0.6) is 0 Å². The van der Waals surface area contributed by atoms with Gasteiger partial charge in [0.1, 0.15) is 11.6 Å². The van der Waals surface area contributed by atoms with Gasteiger partial charge in [-0.2, -0.15) is 26.9 Å². The van der Waals surface area contributed by atoms with Crippen LogP contribution in [0, 0.1) is 11.3 Å². The van der Waals surface area contributed by atoms with Crippen LogP contribution < -0.4 is 10.0 Å². The Bertz CT molecular complexity index is 830. The van der Waals surface area contributed by atoms with Crippen molar-refractivity contribution >= 4 is 21.5 Å². The Morgan fingerprint density at radius 3 is 2.32 bits per heavy atom. The summed E-state index contributed by atoms with van der Waals surface area (Å²) in [6, 6.07) is 6.24. The van der Waals surface area contributed by atoms with E-state index >= 15 is 0 Å². The predicted molar refractivity (Wildman–Crippen MR) is 83.9 cm³/mol. The molecule has 1 aromatic rings. The fraction of sp³-hybridized carbons (Fsp3) is 0.333. The van der Waals surface area contributed by atoms with E-state index in [1.165, 1.54) is 4.72 Å². The smallest absolute Gasteiger partial charge is 0.387 e. The summed E-state index contributed by atoms with van der Waals surface area (Å²) in [5.74, 6) is -0.572. The Labute approximate surface area is 142 Å². The lowest BCUT2D eigenvalue weighted by atomic mass is 9.98. The number of nitrogens with zero attached hydrogens (tertiary/aromatic N) is 1. The highest BCUT2D eigenvalue weighted by molar-refractivity contribution is 7.93. The van der Waals surface area contributed by atoms with Gasteiger partial charge < -0.3 is 5.32 Å². The number of anilines is 1. The van der Waals surface area contributed by atoms with Gasteiger partial charge in [0.15, 0.2) is 0 Å². The van der Waals surface area contributed by atoms with Gasteiger partial charge in [0.05, 0.1) is 0 Å². The summed E-state index contributed by atoms with van der Waals surface area (Å²) in [6.45, 7) is 0.659. The van der Waals surface area contributed by atoms with E-state index in [4.69, 9.17) is 0 Å². The zero-order valence-corrected chi connectivity index (χ0v) is 13.7. The van der Waals surface area contributed by atoms with E-state index in [0.29, 0.717) is 18.7 Å². The third-order valence-electron chi connectivity index (χ3n) is 3.54. The Morgan fingerprint density at radius 2 is 1.84 bits per heavy atom. The van der Waals surface area contributed by atoms with Crippen molar-refractivity contribution in [2.24, 2.45) is 0 Å². The number of hydrogen-bond donors (Lipinski definition) is 2. The second kappa shape index (κ2) is 7.14. The van der Waals surface area contributed by atoms with Gasteiger partial charge in [-0.15, -0.1) is 0 Å². The zero-order chi connectivity index (χ0) is 18.7. The third kappa shape index (κ3) is 4.30. The molecule has 0 spiro atoms. The number of alkyl halides is 3. The van der Waals surface area contributed by atoms with Crippen LogP contribution in [0.2, 0.25) is 0 Å². The second-order valence-corrected chi connectivity index (χ2v) is 6.98. The molecule has 1 heterocycles. The number of nitrogens with one attached hydrogen (secondary N) is 2. The van der Waals surface area contributed by atoms with Crippen molar-refractivity contribution in [2.45, 2.75) is 24.8 Å². The minimum Gasteiger partial charge on any atom is -0.387 e. The molecule has 1 aliphatic heterocycles. The molecule has 10 heteroatoms. The number of allylic oxidation sites excluding steroid dienone is 2. The quantitative estimate of drug-likeness (QED) is 0.480. The van der Waals surface area contributed by atoms with Crippen LogP contribution in [0.25, 0.3) is 0 Å². The molecule has 0 aliphatic carbocycles. The minimum absolute atomic E-state index is 0.0525. The van der Waals surface area contributed by atoms with E-state index in [2.05, 4.69) is 5.32 Å². The number of ketones is 1. The molecule has 1 saturated heterocycles. The molecule has 1 fully saturated rings. The van der Waals surface area contributed by atoms with Gasteiger partial charge in [0.2, 0.25) is 5.78 Å². The lowest BCUT2D eigenvalue weighted by Crippen LogP contribution is -2.29. The van der Waals surface area contributed by atoms with Crippen molar-refractivity contribution in [1.29, 1.82) is 5.26 Å². The Morgan fingerprint density at radius 1 is 1.20 bits per heavy atom. The average molecular weight is 373 g/mol. The van der Waals surface area contributed by atoms with Crippen molar-refractivity contribution in [3.8, 4) is 6.07 Å². The first-order chi connectivity index (χ1) is 11.7. The maximum absolute atomic E-state index is 12.4. The summed E-state index contributed by atoms with van der Waals surface area (Å²) >= 11 is 0. The summed E-state index contributed by atoms with van der Waals surface area (Å²) in [6.07, 6.45) is 2.35. The van der Waals surface area contributed by atoms with E-state index in [1.54, 1.807) is 0 Å². The van der Waals surface area contributed by atoms with Crippen LogP contribution in [0.3, 0.4) is 0 Å². The molecular weight excluding hydrogens is 359 g/mol. The molecule has 0 saturated carbocycles. The lowest BCUT2D eigenvalue weighted by Gasteiger charge is -2.18. The van der Waals surface area contributed by atoms with Crippen LogP contribution >= 0.6 is 0 Å². The van der Waals surface area contributed by atoms with Gasteiger partial charge >= 0.3 is 15.5 Å². The molecule has 0 amide bonds. The number of carbonyl (C=O) groups is 1. The van der Waals surface area contributed by atoms with Crippen molar-refractivity contribution in [3.05, 3.63) is 41.1 Å². The highest BCUT2D eigenvalue weighted by atomic mass is 32.2. The van der Waals surface area contributed by atoms with Crippen molar-refractivity contribution in [1.82, 2.24) is 5.32 Å². The number of benzene rings is 1. The number of halogens is 3. The summed E-state index contributed by atoms with van der Waals surface area (Å²) < 4.78 is 60.4. The largest absolute Gasteiger partial charge is 0.516 e. The number of Topliss-reactive ketones (excluding diaryl/α,β-unsaturated/α-hetero) is 1. The highest BCUT2D eigenvalue weighted by Gasteiger charge is 2.46. The first-order valence-corrected chi connectivity index (χ1v) is 8.75. The number of nitriles is 1. The van der Waals surface area contributed by atoms with Crippen LogP contribution in [0.4, 0.5) is 18.9 Å². The molecule has 0 radical (unpaired) electrons. The minimum atomic E-state index is -5.53. The number of hydrogen-bond acceptors (Lipinski definition) is 5. The molecule has 6 nitrogen and oxygen atoms in total. The summed E-state index contributed by atoms with van der Waals surface area (Å²) in [5, 5.41) is 12.2. The first-order valence-electron chi connectivity index (χ1n) is 7.26. The molecule has 1 aromatic carbocycles. The van der Waals surface area contributed by atoms with Gasteiger partial charge in [0.25, 0.3) is 0 Å². The molecule has 1 aliphatic rings. The third-order valence-corrected chi connectivity index (χ3v) is 4.65. The van der Waals surface area contributed by atoms with Gasteiger partial charge in [-0.1, -0.05) is 0 Å². The normalized spacial score (nSPS) is 17.2. The number of carbonyl (C=O) groups excluding carboxylic acids is 1. The van der Waals surface area contributed by atoms with Crippen molar-refractivity contribution in [2.75, 3.05) is 11.3 Å². The van der Waals surface area contributed by atoms with Gasteiger partial charge in [-0.3, -0.25) is 9.52 Å². The standard InChI is InChI=1S/C15H14F3N3O3S/c16-15(17,18)25(23,24)21-11-6-4-10(5-7-11)14(22)12(9-19)13-3-1-2-8-20-13/h4-7,20-21H,1-3,8H2/b13-12+. The molecule has 134 valence electrons. The van der Waals surface area contributed by atoms with Crippen LogP contribution in [-0.4, -0.2) is 26.3 Å². The van der Waals surface area contributed by atoms with E-state index in [-0.39, 0.29) is 16.8 Å². The first kappa shape index (κ1) is 18.8. The van der Waals surface area contributed by atoms with Crippen molar-refractivity contribution < 1.29 is 26.4 Å². The Balaban J connectivity index is 2.22. The maximum Gasteiger partial charge on any atom is 0.516 e. The van der Waals surface area contributed by atoms with Crippen LogP contribution in [-0.2, 0) is 10.0 Å². The summed E-state index contributed by atoms with van der Waals surface area (Å²) in [7, 11) is -5.53. The van der Waals surface area contributed by atoms with Gasteiger partial charge in [-0.25, -0.2) is 0 Å². The number of rotatable bonds is 4. The molecule has 0 aromatic heterocycles. The Hall–Kier alpha value is -2.54. The molecular formula is C15H14F3N3O3S. The molecule has 2 N–H and O–H groups in total. The lowest BCUT2D eigenvalue weighted by molar-refractivity contribution is -0.0429. The predicted octanol–water partition coefficient (Wildman–Crippen LogP) is 2.68. The topological polar surface area (TPSA) is 99.1 Å². The number of piperidine rings is 1. The van der Waals surface area contributed by atoms with E-state index in [1.807, 2.05) is 6.07 Å². The fourth-order valence-corrected chi connectivity index (χ4v) is 2.83. The zero-order valence-electron chi connectivity index (χ0n) is 12.9. The fourth-order valence-electron chi connectivity index (χ4n) is 2.27. The summed E-state index contributed by atoms with van der Waals surface area (Å²) in [5.41, 5.74) is -5.21. The molecule has 2 rings (SSSR count). The van der Waals surface area contributed by atoms with Crippen molar-refractivity contribution in [3.63, 3.8) is 0 Å². The van der Waals surface area contributed by atoms with Crippen LogP contribution in [0.1, 0.15) is 29.6 Å². The molecule has 25 heavy (non-hydrogen) atoms. The summed E-state index contributed by atoms with van der Waals surface area (Å²) in [4.78, 5) is 12.4. The van der Waals surface area contributed by atoms with Gasteiger partial charge in [-0.05, 0) is 43.5 Å². The van der Waals surface area contributed by atoms with Crippen LogP contribution in [0.15, 0.2) is 35.5 Å². The highest BCUT2D eigenvalue weighted by Crippen LogP contribution is 2.26. The maximum atomic E-state index is 12.4. The average Bonchev–Trinajstić information content (AvgIpc) is 2.55. The molecule has 0 atom stereocenters. The SMILES string of the molecule is N#C/C(C(=O)c1ccc(NS(=O)(=O)C(F)(F)F)cc1)=C1/CCCCN1. The van der Waals surface area contributed by atoms with E-state index in [9.17, 15) is 31.6 Å². The molecule has 0 unspecified atom stereocenters. The monoisotopic (exact) mass is 373 g/mol. The number of sulfonamides is 1. The molecule has 0 bridgehead atoms. The Kier molecular flexibility index (Phi) is 5.37. The van der Waals surface area contributed by atoms with Gasteiger partial charge in [0, 0.05) is 23.5 Å². The second-order valence-electron chi connectivity index (χ2n) is 5.31. The van der Waals surface area contributed by atoms with E-state index < -0.39 is 21.3 Å². The van der Waals surface area contributed by atoms with E-state index in [0.717, 1.165) is 37.1 Å².